The van der Waals surface area contributed by atoms with Crippen LogP contribution in [0.25, 0.3) is 0 Å². The molecular formula is C21H26N2O2. The van der Waals surface area contributed by atoms with Crippen LogP contribution in [0.5, 0.6) is 5.75 Å². The Balaban J connectivity index is 1.84. The van der Waals surface area contributed by atoms with Gasteiger partial charge in [-0.15, -0.1) is 0 Å². The second-order valence-electron chi connectivity index (χ2n) is 7.52. The van der Waals surface area contributed by atoms with Gasteiger partial charge in [-0.25, -0.2) is 0 Å². The third-order valence-electron chi connectivity index (χ3n) is 4.59. The molecule has 0 unspecified atom stereocenters. The maximum absolute atomic E-state index is 12.1. The number of hydrogen-bond donors (Lipinski definition) is 1. The summed E-state index contributed by atoms with van der Waals surface area (Å²) in [4.78, 5) is 14.3. The molecule has 2 aromatic rings. The summed E-state index contributed by atoms with van der Waals surface area (Å²) in [5.41, 5.74) is 3.72. The van der Waals surface area contributed by atoms with Gasteiger partial charge >= 0.3 is 0 Å². The number of amides is 1. The molecule has 1 heterocycles. The number of rotatable bonds is 3. The van der Waals surface area contributed by atoms with Crippen LogP contribution >= 0.6 is 0 Å². The molecule has 1 atom stereocenters. The highest BCUT2D eigenvalue weighted by molar-refractivity contribution is 5.83. The van der Waals surface area contributed by atoms with Crippen molar-refractivity contribution >= 4 is 11.6 Å². The quantitative estimate of drug-likeness (QED) is 0.931. The van der Waals surface area contributed by atoms with Crippen LogP contribution in [0.2, 0.25) is 0 Å². The van der Waals surface area contributed by atoms with Gasteiger partial charge in [-0.1, -0.05) is 57.2 Å². The van der Waals surface area contributed by atoms with Gasteiger partial charge in [0.15, 0.2) is 6.10 Å². The Bertz CT molecular complexity index is 747. The SMILES string of the molecule is CNC(=O)[C@@H]1CN(Cc2ccc(C(C)(C)C)cc2)c2ccccc2O1. The summed E-state index contributed by atoms with van der Waals surface area (Å²) < 4.78 is 5.86. The molecule has 0 aromatic heterocycles. The monoisotopic (exact) mass is 338 g/mol. The van der Waals surface area contributed by atoms with Crippen molar-refractivity contribution in [1.29, 1.82) is 0 Å². The smallest absolute Gasteiger partial charge is 0.262 e. The summed E-state index contributed by atoms with van der Waals surface area (Å²) in [7, 11) is 1.64. The lowest BCUT2D eigenvalue weighted by atomic mass is 9.87. The minimum Gasteiger partial charge on any atom is -0.477 e. The number of ether oxygens (including phenoxy) is 1. The fraction of sp³-hybridized carbons (Fsp3) is 0.381. The van der Waals surface area contributed by atoms with E-state index in [4.69, 9.17) is 4.74 Å². The molecule has 0 saturated carbocycles. The first kappa shape index (κ1) is 17.3. The number of benzene rings is 2. The Morgan fingerprint density at radius 1 is 1.16 bits per heavy atom. The predicted molar refractivity (Wildman–Crippen MR) is 101 cm³/mol. The van der Waals surface area contributed by atoms with Crippen molar-refractivity contribution in [2.24, 2.45) is 0 Å². The minimum atomic E-state index is -0.492. The summed E-state index contributed by atoms with van der Waals surface area (Å²) in [5.74, 6) is 0.663. The summed E-state index contributed by atoms with van der Waals surface area (Å²) in [6.45, 7) is 7.94. The second kappa shape index (κ2) is 6.79. The van der Waals surface area contributed by atoms with E-state index in [1.54, 1.807) is 7.05 Å². The predicted octanol–water partition coefficient (Wildman–Crippen LogP) is 3.50. The number of hydrogen-bond acceptors (Lipinski definition) is 3. The van der Waals surface area contributed by atoms with Crippen LogP contribution in [0, 0.1) is 0 Å². The minimum absolute atomic E-state index is 0.0948. The molecule has 25 heavy (non-hydrogen) atoms. The Labute approximate surface area is 149 Å². The molecule has 1 aliphatic rings. The third-order valence-corrected chi connectivity index (χ3v) is 4.59. The van der Waals surface area contributed by atoms with E-state index in [2.05, 4.69) is 55.3 Å². The van der Waals surface area contributed by atoms with E-state index in [-0.39, 0.29) is 11.3 Å². The average molecular weight is 338 g/mol. The zero-order valence-corrected chi connectivity index (χ0v) is 15.4. The van der Waals surface area contributed by atoms with Gasteiger partial charge in [0.1, 0.15) is 5.75 Å². The lowest BCUT2D eigenvalue weighted by Crippen LogP contribution is -2.47. The molecule has 4 nitrogen and oxygen atoms in total. The van der Waals surface area contributed by atoms with Crippen LogP contribution in [0.3, 0.4) is 0 Å². The standard InChI is InChI=1S/C21H26N2O2/c1-21(2,3)16-11-9-15(10-12-16)13-23-14-19(20(24)22-4)25-18-8-6-5-7-17(18)23/h5-12,19H,13-14H2,1-4H3,(H,22,24)/t19-/m0/s1. The fourth-order valence-electron chi connectivity index (χ4n) is 3.08. The normalized spacial score (nSPS) is 16.8. The first-order valence-electron chi connectivity index (χ1n) is 8.70. The summed E-state index contributed by atoms with van der Waals surface area (Å²) in [6.07, 6.45) is -0.492. The van der Waals surface area contributed by atoms with Gasteiger partial charge in [-0.3, -0.25) is 4.79 Å². The lowest BCUT2D eigenvalue weighted by Gasteiger charge is -2.35. The van der Waals surface area contributed by atoms with E-state index >= 15 is 0 Å². The Kier molecular flexibility index (Phi) is 4.71. The molecule has 132 valence electrons. The van der Waals surface area contributed by atoms with Gasteiger partial charge in [0, 0.05) is 13.6 Å². The Morgan fingerprint density at radius 2 is 1.84 bits per heavy atom. The Hall–Kier alpha value is -2.49. The zero-order chi connectivity index (χ0) is 18.0. The summed E-state index contributed by atoms with van der Waals surface area (Å²) in [5, 5.41) is 2.68. The highest BCUT2D eigenvalue weighted by atomic mass is 16.5. The molecule has 3 rings (SSSR count). The van der Waals surface area contributed by atoms with Gasteiger partial charge in [0.05, 0.1) is 12.2 Å². The number of fused-ring (bicyclic) bond motifs is 1. The fourth-order valence-corrected chi connectivity index (χ4v) is 3.08. The van der Waals surface area contributed by atoms with Gasteiger partial charge in [-0.2, -0.15) is 0 Å². The maximum Gasteiger partial charge on any atom is 0.262 e. The Morgan fingerprint density at radius 3 is 2.48 bits per heavy atom. The average Bonchev–Trinajstić information content (AvgIpc) is 2.60. The lowest BCUT2D eigenvalue weighted by molar-refractivity contribution is -0.127. The third kappa shape index (κ3) is 3.78. The number of likely N-dealkylation sites (N-methyl/N-ethyl adjacent to an activating group) is 1. The number of nitrogens with one attached hydrogen (secondary N) is 1. The first-order chi connectivity index (χ1) is 11.9. The van der Waals surface area contributed by atoms with Crippen molar-refractivity contribution < 1.29 is 9.53 Å². The highest BCUT2D eigenvalue weighted by Crippen LogP contribution is 2.34. The summed E-state index contributed by atoms with van der Waals surface area (Å²) >= 11 is 0. The molecule has 0 bridgehead atoms. The first-order valence-corrected chi connectivity index (χ1v) is 8.70. The number of nitrogens with zero attached hydrogens (tertiary/aromatic N) is 1. The van der Waals surface area contributed by atoms with E-state index in [0.717, 1.165) is 18.0 Å². The molecule has 0 saturated heterocycles. The zero-order valence-electron chi connectivity index (χ0n) is 15.4. The number of carbonyl (C=O) groups is 1. The molecule has 0 fully saturated rings. The van der Waals surface area contributed by atoms with Gasteiger partial charge < -0.3 is 15.0 Å². The van der Waals surface area contributed by atoms with E-state index in [0.29, 0.717) is 6.54 Å². The number of carbonyl (C=O) groups excluding carboxylic acids is 1. The number of anilines is 1. The highest BCUT2D eigenvalue weighted by Gasteiger charge is 2.30. The van der Waals surface area contributed by atoms with Crippen molar-refractivity contribution in [2.75, 3.05) is 18.5 Å². The molecule has 1 aliphatic heterocycles. The van der Waals surface area contributed by atoms with Crippen LogP contribution in [0.15, 0.2) is 48.5 Å². The van der Waals surface area contributed by atoms with Crippen LogP contribution in [0.4, 0.5) is 5.69 Å². The van der Waals surface area contributed by atoms with Crippen LogP contribution in [-0.2, 0) is 16.8 Å². The van der Waals surface area contributed by atoms with E-state index < -0.39 is 6.10 Å². The largest absolute Gasteiger partial charge is 0.477 e. The van der Waals surface area contributed by atoms with Gasteiger partial charge in [0.25, 0.3) is 5.91 Å². The van der Waals surface area contributed by atoms with Crippen LogP contribution in [-0.4, -0.2) is 25.6 Å². The molecule has 0 aliphatic carbocycles. The summed E-state index contributed by atoms with van der Waals surface area (Å²) in [6, 6.07) is 16.6. The van der Waals surface area contributed by atoms with E-state index in [9.17, 15) is 4.79 Å². The molecule has 1 amide bonds. The van der Waals surface area contributed by atoms with Crippen molar-refractivity contribution in [2.45, 2.75) is 38.8 Å². The molecule has 1 N–H and O–H groups in total. The molecule has 2 aromatic carbocycles. The molecular weight excluding hydrogens is 312 g/mol. The van der Waals surface area contributed by atoms with E-state index in [1.165, 1.54) is 11.1 Å². The van der Waals surface area contributed by atoms with Crippen molar-refractivity contribution in [1.82, 2.24) is 5.32 Å². The van der Waals surface area contributed by atoms with Crippen LogP contribution in [0.1, 0.15) is 31.9 Å². The van der Waals surface area contributed by atoms with Crippen molar-refractivity contribution in [3.63, 3.8) is 0 Å². The van der Waals surface area contributed by atoms with Crippen molar-refractivity contribution in [3.8, 4) is 5.75 Å². The van der Waals surface area contributed by atoms with Crippen molar-refractivity contribution in [3.05, 3.63) is 59.7 Å². The molecule has 0 radical (unpaired) electrons. The maximum atomic E-state index is 12.1. The number of para-hydroxylation sites is 2. The van der Waals surface area contributed by atoms with Gasteiger partial charge in [0.2, 0.25) is 0 Å². The van der Waals surface area contributed by atoms with E-state index in [1.807, 2.05) is 24.3 Å². The molecule has 0 spiro atoms. The topological polar surface area (TPSA) is 41.6 Å². The van der Waals surface area contributed by atoms with Crippen LogP contribution < -0.4 is 15.0 Å². The van der Waals surface area contributed by atoms with Gasteiger partial charge in [-0.05, 0) is 28.7 Å². The molecule has 4 heteroatoms. The second-order valence-corrected chi connectivity index (χ2v) is 7.52.